The fraction of sp³-hybridized carbons (Fsp3) is 0.533. The Morgan fingerprint density at radius 3 is 1.18 bits per heavy atom. The van der Waals surface area contributed by atoms with Crippen LogP contribution in [0.4, 0.5) is 37.7 Å². The molecule has 0 unspecified atom stereocenters. The van der Waals surface area contributed by atoms with E-state index in [2.05, 4.69) is 0 Å². The molecular formula is C30H36Cl2F6N4O8. The lowest BCUT2D eigenvalue weighted by Gasteiger charge is -2.25. The second-order valence-electron chi connectivity index (χ2n) is 10.8. The van der Waals surface area contributed by atoms with Crippen LogP contribution >= 0.6 is 23.2 Å². The van der Waals surface area contributed by atoms with Gasteiger partial charge in [0.2, 0.25) is 0 Å². The fourth-order valence-electron chi connectivity index (χ4n) is 4.57. The molecule has 3 rings (SSSR count). The molecule has 280 valence electrons. The first-order chi connectivity index (χ1) is 23.5. The molecule has 1 aliphatic heterocycles. The van der Waals surface area contributed by atoms with Gasteiger partial charge in [0.05, 0.1) is 64.2 Å². The van der Waals surface area contributed by atoms with Crippen LogP contribution in [0.25, 0.3) is 0 Å². The van der Waals surface area contributed by atoms with Gasteiger partial charge in [-0.1, -0.05) is 23.2 Å². The Morgan fingerprint density at radius 1 is 0.600 bits per heavy atom. The summed E-state index contributed by atoms with van der Waals surface area (Å²) in [7, 11) is 0. The molecule has 0 aromatic heterocycles. The van der Waals surface area contributed by atoms with E-state index in [-0.39, 0.29) is 87.1 Å². The predicted molar refractivity (Wildman–Crippen MR) is 169 cm³/mol. The van der Waals surface area contributed by atoms with Gasteiger partial charge in [-0.2, -0.15) is 26.3 Å². The van der Waals surface area contributed by atoms with Crippen LogP contribution in [0.15, 0.2) is 24.3 Å². The van der Waals surface area contributed by atoms with E-state index in [1.165, 1.54) is 12.1 Å². The Hall–Kier alpha value is -3.10. The summed E-state index contributed by atoms with van der Waals surface area (Å²) in [5.74, 6) is -5.65. The molecule has 0 aliphatic carbocycles. The first kappa shape index (κ1) is 41.3. The van der Waals surface area contributed by atoms with Gasteiger partial charge in [-0.15, -0.1) is 0 Å². The van der Waals surface area contributed by atoms with Gasteiger partial charge >= 0.3 is 24.2 Å². The van der Waals surface area contributed by atoms with Crippen LogP contribution in [0.1, 0.15) is 11.1 Å². The number of carbonyl (C=O) groups is 2. The number of phenols is 2. The smallest absolute Gasteiger partial charge is 0.471 e. The van der Waals surface area contributed by atoms with Gasteiger partial charge in [0.25, 0.3) is 0 Å². The molecule has 1 aliphatic rings. The minimum Gasteiger partial charge on any atom is -0.505 e. The van der Waals surface area contributed by atoms with Crippen LogP contribution in [0.3, 0.4) is 0 Å². The van der Waals surface area contributed by atoms with Crippen molar-refractivity contribution in [2.75, 3.05) is 89.7 Å². The number of hydrogen-bond acceptors (Lipinski definition) is 10. The highest BCUT2D eigenvalue weighted by atomic mass is 35.5. The molecule has 0 radical (unpaired) electrons. The van der Waals surface area contributed by atoms with E-state index >= 15 is 0 Å². The summed E-state index contributed by atoms with van der Waals surface area (Å²) in [5, 5.41) is 24.5. The number of nitrogens with one attached hydrogen (secondary N) is 2. The molecule has 1 heterocycles. The molecular weight excluding hydrogens is 729 g/mol. The molecule has 2 aromatic carbocycles. The Kier molecular flexibility index (Phi) is 16.1. The molecule has 1 fully saturated rings. The Labute approximate surface area is 293 Å². The number of phenolic OH excluding ortho intramolecular Hbond substituents is 2. The van der Waals surface area contributed by atoms with Gasteiger partial charge in [0.15, 0.2) is 0 Å². The number of halogens is 8. The standard InChI is InChI=1S/C30H36Cl2F6N4O8/c31-21-13-19(25(43)23(15-21)39-27(45)29(33,34)35)17-41-1-5-47-9-10-49-7-3-42(4-8-50-12-11-48-6-2-41)18-20-14-22(32)16-24(26(20)44)40-28(46)30(36,37)38/h13-16,43-44H,1-12,17-18H2,(H,39,45)(H,40,46). The average molecular weight is 766 g/mol. The summed E-state index contributed by atoms with van der Waals surface area (Å²) in [6, 6.07) is 4.76. The molecule has 0 bridgehead atoms. The van der Waals surface area contributed by atoms with E-state index in [1.54, 1.807) is 10.6 Å². The summed E-state index contributed by atoms with van der Waals surface area (Å²) >= 11 is 12.1. The van der Waals surface area contributed by atoms with Crippen molar-refractivity contribution in [2.24, 2.45) is 0 Å². The van der Waals surface area contributed by atoms with Crippen molar-refractivity contribution in [3.63, 3.8) is 0 Å². The van der Waals surface area contributed by atoms with E-state index in [0.717, 1.165) is 12.1 Å². The summed E-state index contributed by atoms with van der Waals surface area (Å²) in [6.45, 7) is 2.95. The van der Waals surface area contributed by atoms with Crippen molar-refractivity contribution in [1.29, 1.82) is 0 Å². The van der Waals surface area contributed by atoms with Gasteiger partial charge < -0.3 is 39.8 Å². The normalized spacial score (nSPS) is 17.4. The van der Waals surface area contributed by atoms with Gasteiger partial charge in [-0.25, -0.2) is 0 Å². The lowest BCUT2D eigenvalue weighted by Crippen LogP contribution is -2.33. The van der Waals surface area contributed by atoms with Crippen LogP contribution in [-0.2, 0) is 41.6 Å². The molecule has 0 saturated carbocycles. The number of aromatic hydroxyl groups is 2. The number of rotatable bonds is 6. The topological polar surface area (TPSA) is 142 Å². The number of carbonyl (C=O) groups excluding carboxylic acids is 2. The maximum absolute atomic E-state index is 12.8. The zero-order valence-electron chi connectivity index (χ0n) is 26.5. The quantitative estimate of drug-likeness (QED) is 0.240. The van der Waals surface area contributed by atoms with Crippen molar-refractivity contribution in [3.05, 3.63) is 45.4 Å². The van der Waals surface area contributed by atoms with Gasteiger partial charge in [-0.3, -0.25) is 19.4 Å². The summed E-state index contributed by atoms with van der Waals surface area (Å²) in [5.41, 5.74) is -0.635. The Balaban J connectivity index is 1.58. The summed E-state index contributed by atoms with van der Waals surface area (Å²) < 4.78 is 99.2. The van der Waals surface area contributed by atoms with E-state index < -0.39 is 47.0 Å². The van der Waals surface area contributed by atoms with Crippen molar-refractivity contribution in [1.82, 2.24) is 9.80 Å². The second-order valence-corrected chi connectivity index (χ2v) is 11.7. The number of hydrogen-bond donors (Lipinski definition) is 4. The minimum atomic E-state index is -5.17. The zero-order chi connectivity index (χ0) is 36.9. The van der Waals surface area contributed by atoms with Crippen LogP contribution in [0.2, 0.25) is 10.0 Å². The molecule has 4 N–H and O–H groups in total. The van der Waals surface area contributed by atoms with Crippen LogP contribution < -0.4 is 10.6 Å². The average Bonchev–Trinajstić information content (AvgIpc) is 3.02. The first-order valence-electron chi connectivity index (χ1n) is 15.1. The number of anilines is 2. The number of alkyl halides is 6. The molecule has 0 spiro atoms. The molecule has 2 aromatic rings. The van der Waals surface area contributed by atoms with E-state index in [1.807, 2.05) is 9.80 Å². The van der Waals surface area contributed by atoms with Crippen LogP contribution in [0.5, 0.6) is 11.5 Å². The van der Waals surface area contributed by atoms with E-state index in [4.69, 9.17) is 42.1 Å². The lowest BCUT2D eigenvalue weighted by atomic mass is 10.1. The second kappa shape index (κ2) is 19.5. The van der Waals surface area contributed by atoms with Crippen LogP contribution in [-0.4, -0.2) is 123 Å². The Morgan fingerprint density at radius 2 is 0.900 bits per heavy atom. The number of amides is 2. The monoisotopic (exact) mass is 764 g/mol. The summed E-state index contributed by atoms with van der Waals surface area (Å²) in [6.07, 6.45) is -10.3. The van der Waals surface area contributed by atoms with Gasteiger partial charge in [0.1, 0.15) is 11.5 Å². The predicted octanol–water partition coefficient (Wildman–Crippen LogP) is 4.79. The van der Waals surface area contributed by atoms with E-state index in [0.29, 0.717) is 26.2 Å². The molecule has 50 heavy (non-hydrogen) atoms. The highest BCUT2D eigenvalue weighted by Crippen LogP contribution is 2.35. The third-order valence-corrected chi connectivity index (χ3v) is 7.49. The van der Waals surface area contributed by atoms with Crippen molar-refractivity contribution >= 4 is 46.4 Å². The SMILES string of the molecule is O=C(Nc1cc(Cl)cc(CN2CCOCCOCCN(Cc3cc(Cl)cc(NC(=O)C(F)(F)F)c3O)CCOCCOCC2)c1O)C(F)(F)F. The molecule has 1 saturated heterocycles. The maximum Gasteiger partial charge on any atom is 0.471 e. The zero-order valence-corrected chi connectivity index (χ0v) is 28.0. The lowest BCUT2D eigenvalue weighted by molar-refractivity contribution is -0.167. The Bertz CT molecular complexity index is 1310. The third-order valence-electron chi connectivity index (χ3n) is 7.06. The maximum atomic E-state index is 12.8. The molecule has 12 nitrogen and oxygen atoms in total. The minimum absolute atomic E-state index is 0.000533. The molecule has 0 atom stereocenters. The van der Waals surface area contributed by atoms with E-state index in [9.17, 15) is 46.1 Å². The van der Waals surface area contributed by atoms with Gasteiger partial charge in [0, 0.05) is 60.4 Å². The van der Waals surface area contributed by atoms with Crippen molar-refractivity contribution in [3.8, 4) is 11.5 Å². The van der Waals surface area contributed by atoms with Crippen LogP contribution in [0, 0.1) is 0 Å². The van der Waals surface area contributed by atoms with Crippen molar-refractivity contribution < 1.29 is 65.1 Å². The first-order valence-corrected chi connectivity index (χ1v) is 15.8. The largest absolute Gasteiger partial charge is 0.505 e. The fourth-order valence-corrected chi connectivity index (χ4v) is 5.05. The highest BCUT2D eigenvalue weighted by Gasteiger charge is 2.40. The van der Waals surface area contributed by atoms with Crippen molar-refractivity contribution in [2.45, 2.75) is 25.4 Å². The molecule has 2 amide bonds. The summed E-state index contributed by atoms with van der Waals surface area (Å²) in [4.78, 5) is 26.5. The number of nitrogens with zero attached hydrogens (tertiary/aromatic N) is 2. The highest BCUT2D eigenvalue weighted by molar-refractivity contribution is 6.31. The number of ether oxygens (including phenoxy) is 4. The third kappa shape index (κ3) is 13.9. The van der Waals surface area contributed by atoms with Gasteiger partial charge in [-0.05, 0) is 24.3 Å². The molecule has 20 heteroatoms. The number of benzene rings is 2.